The van der Waals surface area contributed by atoms with E-state index >= 15 is 0 Å². The Balaban J connectivity index is 1.62. The average Bonchev–Trinajstić information content (AvgIpc) is 3.22. The van der Waals surface area contributed by atoms with Gasteiger partial charge in [-0.3, -0.25) is 4.72 Å². The van der Waals surface area contributed by atoms with Gasteiger partial charge < -0.3 is 0 Å². The van der Waals surface area contributed by atoms with Crippen LogP contribution in [-0.2, 0) is 16.4 Å². The third kappa shape index (κ3) is 4.74. The van der Waals surface area contributed by atoms with Gasteiger partial charge in [-0.1, -0.05) is 31.2 Å². The lowest BCUT2D eigenvalue weighted by Crippen LogP contribution is -2.15. The number of fused-ring (bicyclic) bond motifs is 1. The van der Waals surface area contributed by atoms with Gasteiger partial charge in [0, 0.05) is 21.8 Å². The van der Waals surface area contributed by atoms with Crippen LogP contribution in [0.1, 0.15) is 41.3 Å². The van der Waals surface area contributed by atoms with Crippen molar-refractivity contribution in [3.05, 3.63) is 70.7 Å². The van der Waals surface area contributed by atoms with E-state index in [-0.39, 0.29) is 0 Å². The van der Waals surface area contributed by atoms with Crippen LogP contribution in [0, 0.1) is 27.7 Å². The minimum absolute atomic E-state index is 0.309. The fraction of sp³-hybridized carbons (Fsp3) is 0.292. The van der Waals surface area contributed by atoms with Crippen LogP contribution in [-0.4, -0.2) is 28.0 Å². The number of benzene rings is 2. The van der Waals surface area contributed by atoms with Crippen LogP contribution in [0.5, 0.6) is 0 Å². The fourth-order valence-electron chi connectivity index (χ4n) is 3.79. The van der Waals surface area contributed by atoms with Crippen molar-refractivity contribution in [2.45, 2.75) is 62.3 Å². The molecule has 4 rings (SSSR count). The van der Waals surface area contributed by atoms with Crippen molar-refractivity contribution in [2.75, 3.05) is 4.72 Å². The number of anilines is 1. The summed E-state index contributed by atoms with van der Waals surface area (Å²) < 4.78 is 30.5. The molecule has 172 valence electrons. The molecule has 7 nitrogen and oxygen atoms in total. The lowest BCUT2D eigenvalue weighted by atomic mass is 10.1. The van der Waals surface area contributed by atoms with E-state index in [2.05, 4.69) is 26.7 Å². The normalized spacial score (nSPS) is 11.8. The highest BCUT2D eigenvalue weighted by atomic mass is 32.2. The second kappa shape index (κ2) is 9.15. The van der Waals surface area contributed by atoms with E-state index in [1.165, 1.54) is 6.33 Å². The van der Waals surface area contributed by atoms with Gasteiger partial charge in [0.2, 0.25) is 0 Å². The Labute approximate surface area is 198 Å². The van der Waals surface area contributed by atoms with Gasteiger partial charge in [-0.25, -0.2) is 13.4 Å². The zero-order chi connectivity index (χ0) is 23.8. The highest BCUT2D eigenvalue weighted by Crippen LogP contribution is 2.33. The summed E-state index contributed by atoms with van der Waals surface area (Å²) in [6.07, 6.45) is 3.40. The third-order valence-electron chi connectivity index (χ3n) is 5.56. The van der Waals surface area contributed by atoms with Crippen molar-refractivity contribution in [1.82, 2.24) is 19.6 Å². The summed E-state index contributed by atoms with van der Waals surface area (Å²) in [6, 6.07) is 11.1. The zero-order valence-corrected chi connectivity index (χ0v) is 21.0. The molecule has 0 unspecified atom stereocenters. The van der Waals surface area contributed by atoms with Crippen molar-refractivity contribution < 1.29 is 8.42 Å². The second-order valence-corrected chi connectivity index (χ2v) is 10.9. The second-order valence-electron chi connectivity index (χ2n) is 8.14. The Bertz CT molecular complexity index is 1430. The summed E-state index contributed by atoms with van der Waals surface area (Å²) in [7, 11) is -3.69. The predicted molar refractivity (Wildman–Crippen MR) is 132 cm³/mol. The number of hydrogen-bond acceptors (Lipinski definition) is 6. The van der Waals surface area contributed by atoms with Gasteiger partial charge in [-0.2, -0.15) is 14.6 Å². The number of hydrogen-bond donors (Lipinski definition) is 1. The van der Waals surface area contributed by atoms with E-state index in [9.17, 15) is 8.42 Å². The molecule has 0 bridgehead atoms. The molecule has 0 fully saturated rings. The van der Waals surface area contributed by atoms with E-state index in [4.69, 9.17) is 0 Å². The summed E-state index contributed by atoms with van der Waals surface area (Å²) in [5.74, 6) is 0.572. The SMILES string of the molecule is CCCc1c(C)nc2ncnn2c1Sc1ccc(NS(=O)(=O)c2cc(C)cc(C)c2C)cc1. The van der Waals surface area contributed by atoms with Gasteiger partial charge in [-0.15, -0.1) is 0 Å². The molecule has 0 aliphatic carbocycles. The summed E-state index contributed by atoms with van der Waals surface area (Å²) in [5, 5.41) is 5.33. The van der Waals surface area contributed by atoms with Gasteiger partial charge >= 0.3 is 0 Å². The molecule has 0 radical (unpaired) electrons. The number of rotatable bonds is 7. The average molecular weight is 482 g/mol. The van der Waals surface area contributed by atoms with Crippen LogP contribution in [0.2, 0.25) is 0 Å². The monoisotopic (exact) mass is 481 g/mol. The van der Waals surface area contributed by atoms with Gasteiger partial charge in [0.05, 0.1) is 4.90 Å². The summed E-state index contributed by atoms with van der Waals surface area (Å²) in [4.78, 5) is 10.1. The van der Waals surface area contributed by atoms with Crippen molar-refractivity contribution in [3.8, 4) is 0 Å². The molecule has 1 N–H and O–H groups in total. The third-order valence-corrected chi connectivity index (χ3v) is 8.19. The smallest absolute Gasteiger partial charge is 0.262 e. The number of nitrogens with zero attached hydrogens (tertiary/aromatic N) is 4. The largest absolute Gasteiger partial charge is 0.280 e. The molecule has 0 amide bonds. The van der Waals surface area contributed by atoms with Crippen molar-refractivity contribution in [3.63, 3.8) is 0 Å². The van der Waals surface area contributed by atoms with Gasteiger partial charge in [0.1, 0.15) is 11.4 Å². The van der Waals surface area contributed by atoms with E-state index in [1.54, 1.807) is 34.5 Å². The van der Waals surface area contributed by atoms with E-state index < -0.39 is 10.0 Å². The minimum atomic E-state index is -3.69. The summed E-state index contributed by atoms with van der Waals surface area (Å²) in [5.41, 5.74) is 5.25. The maximum absolute atomic E-state index is 13.0. The highest BCUT2D eigenvalue weighted by molar-refractivity contribution is 7.99. The van der Waals surface area contributed by atoms with Gasteiger partial charge in [0.15, 0.2) is 0 Å². The van der Waals surface area contributed by atoms with Crippen LogP contribution in [0.25, 0.3) is 5.78 Å². The van der Waals surface area contributed by atoms with E-state index in [0.717, 1.165) is 50.7 Å². The molecule has 0 aliphatic heterocycles. The molecule has 0 saturated heterocycles. The molecule has 4 aromatic rings. The van der Waals surface area contributed by atoms with E-state index in [0.29, 0.717) is 16.4 Å². The molecule has 2 aromatic carbocycles. The molecule has 0 atom stereocenters. The fourth-order valence-corrected chi connectivity index (χ4v) is 6.34. The Hall–Kier alpha value is -2.91. The quantitative estimate of drug-likeness (QED) is 0.362. The van der Waals surface area contributed by atoms with Crippen molar-refractivity contribution in [1.29, 1.82) is 0 Å². The minimum Gasteiger partial charge on any atom is -0.280 e. The van der Waals surface area contributed by atoms with Crippen LogP contribution < -0.4 is 4.72 Å². The van der Waals surface area contributed by atoms with Gasteiger partial charge in [-0.05, 0) is 81.1 Å². The first-order chi connectivity index (χ1) is 15.7. The standard InChI is InChI=1S/C24H27N5O2S2/c1-6-7-21-18(5)27-24-25-14-26-29(24)23(21)32-20-10-8-19(9-11-20)28-33(30,31)22-13-15(2)12-16(3)17(22)4/h8-14,28H,6-7H2,1-5H3. The molecule has 2 aromatic heterocycles. The molecule has 33 heavy (non-hydrogen) atoms. The predicted octanol–water partition coefficient (Wildman–Crippen LogP) is 5.26. The molecule has 0 saturated carbocycles. The first-order valence-electron chi connectivity index (χ1n) is 10.8. The number of sulfonamides is 1. The first-order valence-corrected chi connectivity index (χ1v) is 13.1. The number of nitrogens with one attached hydrogen (secondary N) is 1. The summed E-state index contributed by atoms with van der Waals surface area (Å²) >= 11 is 1.58. The topological polar surface area (TPSA) is 89.2 Å². The zero-order valence-electron chi connectivity index (χ0n) is 19.4. The van der Waals surface area contributed by atoms with Crippen LogP contribution in [0.15, 0.2) is 57.5 Å². The van der Waals surface area contributed by atoms with Crippen molar-refractivity contribution >= 4 is 33.3 Å². The Morgan fingerprint density at radius 3 is 2.48 bits per heavy atom. The van der Waals surface area contributed by atoms with Crippen molar-refractivity contribution in [2.24, 2.45) is 0 Å². The maximum Gasteiger partial charge on any atom is 0.262 e. The molecule has 0 aliphatic rings. The Kier molecular flexibility index (Phi) is 6.45. The lowest BCUT2D eigenvalue weighted by Gasteiger charge is -2.14. The Morgan fingerprint density at radius 2 is 1.79 bits per heavy atom. The summed E-state index contributed by atoms with van der Waals surface area (Å²) in [6.45, 7) is 9.79. The lowest BCUT2D eigenvalue weighted by molar-refractivity contribution is 0.600. The van der Waals surface area contributed by atoms with Crippen LogP contribution in [0.3, 0.4) is 0 Å². The number of aromatic nitrogens is 4. The molecular weight excluding hydrogens is 454 g/mol. The van der Waals surface area contributed by atoms with Crippen LogP contribution in [0.4, 0.5) is 5.69 Å². The molecular formula is C24H27N5O2S2. The molecule has 0 spiro atoms. The maximum atomic E-state index is 13.0. The highest BCUT2D eigenvalue weighted by Gasteiger charge is 2.19. The molecule has 2 heterocycles. The van der Waals surface area contributed by atoms with E-state index in [1.807, 2.05) is 45.9 Å². The van der Waals surface area contributed by atoms with Crippen LogP contribution >= 0.6 is 11.8 Å². The number of aryl methyl sites for hydroxylation is 3. The van der Waals surface area contributed by atoms with Gasteiger partial charge in [0.25, 0.3) is 15.8 Å². The first kappa shape index (κ1) is 23.3. The Morgan fingerprint density at radius 1 is 1.06 bits per heavy atom. The molecule has 9 heteroatoms.